The average molecular weight is 491 g/mol. The summed E-state index contributed by atoms with van der Waals surface area (Å²) in [6, 6.07) is 38.3. The van der Waals surface area contributed by atoms with Crippen molar-refractivity contribution < 1.29 is 4.74 Å². The maximum absolute atomic E-state index is 9.62. The van der Waals surface area contributed by atoms with Gasteiger partial charge in [-0.25, -0.2) is 0 Å². The van der Waals surface area contributed by atoms with Crippen LogP contribution in [-0.2, 0) is 5.41 Å². The lowest BCUT2D eigenvalue weighted by molar-refractivity contribution is 0.418. The van der Waals surface area contributed by atoms with Gasteiger partial charge in [0.1, 0.15) is 11.5 Å². The number of nitrogens with zero attached hydrogens (tertiary/aromatic N) is 2. The fourth-order valence-electron chi connectivity index (χ4n) is 5.87. The molecule has 0 aliphatic carbocycles. The second-order valence-electron chi connectivity index (χ2n) is 10.7. The number of aryl methyl sites for hydroxylation is 1. The van der Waals surface area contributed by atoms with Gasteiger partial charge in [-0.1, -0.05) is 61.9 Å². The van der Waals surface area contributed by atoms with E-state index in [1.807, 2.05) is 24.3 Å². The summed E-state index contributed by atoms with van der Waals surface area (Å²) in [5.41, 5.74) is 9.72. The summed E-state index contributed by atoms with van der Waals surface area (Å²) in [5.74, 6) is 1.84. The summed E-state index contributed by atoms with van der Waals surface area (Å²) in [7, 11) is 0. The van der Waals surface area contributed by atoms with E-state index in [0.717, 1.165) is 50.1 Å². The fraction of sp³-hybridized carbons (Fsp3) is 0.114. The first-order chi connectivity index (χ1) is 18.4. The fourth-order valence-corrected chi connectivity index (χ4v) is 5.87. The molecule has 1 aliphatic rings. The molecule has 0 atom stereocenters. The smallest absolute Gasteiger partial charge is 0.131 e. The molecule has 0 amide bonds. The van der Waals surface area contributed by atoms with Crippen molar-refractivity contribution in [1.29, 1.82) is 5.26 Å². The normalized spacial score (nSPS) is 13.5. The summed E-state index contributed by atoms with van der Waals surface area (Å²) >= 11 is 0. The molecular weight excluding hydrogens is 464 g/mol. The van der Waals surface area contributed by atoms with Gasteiger partial charge in [-0.2, -0.15) is 5.26 Å². The second kappa shape index (κ2) is 8.10. The number of hydrogen-bond donors (Lipinski definition) is 0. The van der Waals surface area contributed by atoms with Crippen molar-refractivity contribution in [3.05, 3.63) is 125 Å². The minimum Gasteiger partial charge on any atom is -0.457 e. The number of para-hydroxylation sites is 1. The first-order valence-corrected chi connectivity index (χ1v) is 12.9. The van der Waals surface area contributed by atoms with Crippen molar-refractivity contribution in [1.82, 2.24) is 4.57 Å². The van der Waals surface area contributed by atoms with E-state index in [2.05, 4.69) is 110 Å². The van der Waals surface area contributed by atoms with Gasteiger partial charge in [-0.05, 0) is 78.7 Å². The number of ether oxygens (including phenoxy) is 1. The Labute approximate surface area is 222 Å². The summed E-state index contributed by atoms with van der Waals surface area (Å²) < 4.78 is 8.57. The lowest BCUT2D eigenvalue weighted by Crippen LogP contribution is -2.24. The third-order valence-corrected chi connectivity index (χ3v) is 7.95. The van der Waals surface area contributed by atoms with Crippen LogP contribution in [0, 0.1) is 18.3 Å². The molecule has 3 heteroatoms. The van der Waals surface area contributed by atoms with E-state index in [-0.39, 0.29) is 5.41 Å². The summed E-state index contributed by atoms with van der Waals surface area (Å²) in [6.45, 7) is 6.63. The second-order valence-corrected chi connectivity index (χ2v) is 10.7. The van der Waals surface area contributed by atoms with Gasteiger partial charge in [0.15, 0.2) is 0 Å². The van der Waals surface area contributed by atoms with Crippen LogP contribution in [-0.4, -0.2) is 4.57 Å². The van der Waals surface area contributed by atoms with Crippen LogP contribution < -0.4 is 4.74 Å². The Balaban J connectivity index is 1.43. The number of aromatic nitrogens is 1. The highest BCUT2D eigenvalue weighted by atomic mass is 16.5. The zero-order chi connectivity index (χ0) is 26.0. The predicted octanol–water partition coefficient (Wildman–Crippen LogP) is 9.06. The molecule has 0 spiro atoms. The minimum atomic E-state index is -0.173. The highest BCUT2D eigenvalue weighted by molar-refractivity contribution is 6.10. The summed E-state index contributed by atoms with van der Waals surface area (Å²) in [4.78, 5) is 0. The van der Waals surface area contributed by atoms with Crippen molar-refractivity contribution in [3.63, 3.8) is 0 Å². The van der Waals surface area contributed by atoms with Gasteiger partial charge in [0.2, 0.25) is 0 Å². The first kappa shape index (κ1) is 22.4. The Hall–Kier alpha value is -4.81. The van der Waals surface area contributed by atoms with E-state index in [1.165, 1.54) is 16.7 Å². The van der Waals surface area contributed by atoms with Gasteiger partial charge >= 0.3 is 0 Å². The predicted molar refractivity (Wildman–Crippen MR) is 154 cm³/mol. The molecule has 6 aromatic rings. The van der Waals surface area contributed by atoms with Gasteiger partial charge in [0, 0.05) is 33.0 Å². The molecule has 1 aliphatic heterocycles. The molecule has 3 nitrogen and oxygen atoms in total. The van der Waals surface area contributed by atoms with Crippen molar-refractivity contribution in [2.75, 3.05) is 0 Å². The topological polar surface area (TPSA) is 38.0 Å². The highest BCUT2D eigenvalue weighted by Crippen LogP contribution is 2.49. The molecule has 182 valence electrons. The van der Waals surface area contributed by atoms with Crippen LogP contribution in [0.1, 0.15) is 36.1 Å². The van der Waals surface area contributed by atoms with E-state index >= 15 is 0 Å². The molecule has 0 saturated carbocycles. The quantitative estimate of drug-likeness (QED) is 0.243. The van der Waals surface area contributed by atoms with Crippen molar-refractivity contribution >= 4 is 21.8 Å². The highest BCUT2D eigenvalue weighted by Gasteiger charge is 2.34. The third-order valence-electron chi connectivity index (χ3n) is 7.95. The Kier molecular flexibility index (Phi) is 4.77. The van der Waals surface area contributed by atoms with Crippen LogP contribution >= 0.6 is 0 Å². The molecule has 2 heterocycles. The molecule has 7 rings (SSSR count). The molecule has 0 fully saturated rings. The van der Waals surface area contributed by atoms with E-state index in [4.69, 9.17) is 4.74 Å². The van der Waals surface area contributed by atoms with Crippen molar-refractivity contribution in [2.24, 2.45) is 0 Å². The zero-order valence-corrected chi connectivity index (χ0v) is 21.6. The molecule has 0 radical (unpaired) electrons. The monoisotopic (exact) mass is 490 g/mol. The van der Waals surface area contributed by atoms with Gasteiger partial charge in [0.05, 0.1) is 22.7 Å². The summed E-state index contributed by atoms with van der Waals surface area (Å²) in [6.07, 6.45) is 0. The maximum atomic E-state index is 9.62. The Morgan fingerprint density at radius 2 is 1.34 bits per heavy atom. The molecular formula is C35H26N2O. The van der Waals surface area contributed by atoms with Crippen LogP contribution in [0.3, 0.4) is 0 Å². The summed E-state index contributed by atoms with van der Waals surface area (Å²) in [5, 5.41) is 11.8. The molecule has 38 heavy (non-hydrogen) atoms. The van der Waals surface area contributed by atoms with Gasteiger partial charge < -0.3 is 9.30 Å². The van der Waals surface area contributed by atoms with Crippen LogP contribution in [0.25, 0.3) is 38.6 Å². The van der Waals surface area contributed by atoms with E-state index in [9.17, 15) is 5.26 Å². The van der Waals surface area contributed by atoms with E-state index < -0.39 is 0 Å². The maximum Gasteiger partial charge on any atom is 0.131 e. The Morgan fingerprint density at radius 3 is 2.13 bits per heavy atom. The molecule has 0 saturated heterocycles. The number of fused-ring (bicyclic) bond motifs is 5. The van der Waals surface area contributed by atoms with Gasteiger partial charge in [0.25, 0.3) is 0 Å². The zero-order valence-electron chi connectivity index (χ0n) is 21.6. The molecule has 0 unspecified atom stereocenters. The molecule has 0 bridgehead atoms. The lowest BCUT2D eigenvalue weighted by atomic mass is 9.75. The van der Waals surface area contributed by atoms with E-state index in [0.29, 0.717) is 5.56 Å². The molecule has 5 aromatic carbocycles. The largest absolute Gasteiger partial charge is 0.457 e. The van der Waals surface area contributed by atoms with Gasteiger partial charge in [-0.3, -0.25) is 0 Å². The Morgan fingerprint density at radius 1 is 0.684 bits per heavy atom. The van der Waals surface area contributed by atoms with Crippen LogP contribution in [0.4, 0.5) is 0 Å². The first-order valence-electron chi connectivity index (χ1n) is 12.9. The van der Waals surface area contributed by atoms with E-state index in [1.54, 1.807) is 0 Å². The average Bonchev–Trinajstić information content (AvgIpc) is 3.26. The third kappa shape index (κ3) is 3.27. The number of hydrogen-bond acceptors (Lipinski definition) is 2. The number of rotatable bonds is 2. The van der Waals surface area contributed by atoms with Crippen LogP contribution in [0.2, 0.25) is 0 Å². The Bertz CT molecular complexity index is 1930. The SMILES string of the molecule is Cc1ccc(-n2c3ccc(C#N)cc3c3cc(-c4ccc5c(c4)C(C)(C)c4ccccc4O5)ccc32)cc1. The van der Waals surface area contributed by atoms with Gasteiger partial charge in [-0.15, -0.1) is 0 Å². The molecule has 0 N–H and O–H groups in total. The van der Waals surface area contributed by atoms with Crippen LogP contribution in [0.5, 0.6) is 11.5 Å². The van der Waals surface area contributed by atoms with Crippen molar-refractivity contribution in [3.8, 4) is 34.4 Å². The van der Waals surface area contributed by atoms with Crippen molar-refractivity contribution in [2.45, 2.75) is 26.2 Å². The number of nitriles is 1. The number of benzene rings is 5. The minimum absolute atomic E-state index is 0.173. The molecule has 1 aromatic heterocycles. The lowest BCUT2D eigenvalue weighted by Gasteiger charge is -2.34. The standard InChI is InChI=1S/C35H26N2O/c1-22-8-13-26(14-9-22)37-31-15-10-23(21-36)18-27(31)28-19-24(11-16-32(28)37)25-12-17-34-30(20-25)35(2,3)29-6-4-5-7-33(29)38-34/h4-20H,1-3H3. The van der Waals surface area contributed by atoms with Crippen LogP contribution in [0.15, 0.2) is 103 Å².